The Kier molecular flexibility index (Phi) is 3.64. The molecule has 2 heterocycles. The first-order valence-electron chi connectivity index (χ1n) is 7.11. The van der Waals surface area contributed by atoms with E-state index >= 15 is 0 Å². The second kappa shape index (κ2) is 5.60. The van der Waals surface area contributed by atoms with Crippen LogP contribution in [0.15, 0.2) is 35.4 Å². The highest BCUT2D eigenvalue weighted by Gasteiger charge is 2.23. The second-order valence-corrected chi connectivity index (χ2v) is 5.51. The third kappa shape index (κ3) is 3.07. The molecule has 0 bridgehead atoms. The summed E-state index contributed by atoms with van der Waals surface area (Å²) in [6.07, 6.45) is 5.96. The number of ether oxygens (including phenoxy) is 1. The summed E-state index contributed by atoms with van der Waals surface area (Å²) in [5.41, 5.74) is 2.57. The number of pyridine rings is 2. The largest absolute Gasteiger partial charge is 0.481 e. The summed E-state index contributed by atoms with van der Waals surface area (Å²) in [6.45, 7) is 0.937. The smallest absolute Gasteiger partial charge is 0.271 e. The molecule has 21 heavy (non-hydrogen) atoms. The van der Waals surface area contributed by atoms with E-state index < -0.39 is 0 Å². The van der Waals surface area contributed by atoms with E-state index in [0.29, 0.717) is 11.6 Å². The SMILES string of the molecule is COc1cc(-c2c[nH]c(=O)c(N(C)CC3CC3)c2)ccn1. The van der Waals surface area contributed by atoms with E-state index in [2.05, 4.69) is 9.97 Å². The lowest BCUT2D eigenvalue weighted by Gasteiger charge is -2.18. The molecule has 5 heteroatoms. The molecule has 2 aromatic heterocycles. The fraction of sp³-hybridized carbons (Fsp3) is 0.375. The molecule has 0 aliphatic heterocycles. The zero-order valence-electron chi connectivity index (χ0n) is 12.3. The van der Waals surface area contributed by atoms with Crippen molar-refractivity contribution >= 4 is 5.69 Å². The zero-order chi connectivity index (χ0) is 14.8. The van der Waals surface area contributed by atoms with Gasteiger partial charge in [-0.1, -0.05) is 0 Å². The summed E-state index contributed by atoms with van der Waals surface area (Å²) < 4.78 is 5.15. The molecule has 5 nitrogen and oxygen atoms in total. The first-order valence-corrected chi connectivity index (χ1v) is 7.11. The van der Waals surface area contributed by atoms with E-state index in [1.165, 1.54) is 12.8 Å². The number of H-pyrrole nitrogens is 1. The van der Waals surface area contributed by atoms with Crippen molar-refractivity contribution in [2.45, 2.75) is 12.8 Å². The van der Waals surface area contributed by atoms with E-state index in [9.17, 15) is 4.79 Å². The summed E-state index contributed by atoms with van der Waals surface area (Å²) in [4.78, 5) is 21.0. The molecule has 110 valence electrons. The van der Waals surface area contributed by atoms with Gasteiger partial charge < -0.3 is 14.6 Å². The molecule has 0 aromatic carbocycles. The van der Waals surface area contributed by atoms with Gasteiger partial charge in [-0.05, 0) is 36.5 Å². The molecule has 0 saturated heterocycles. The topological polar surface area (TPSA) is 58.2 Å². The molecule has 0 spiro atoms. The number of rotatable bonds is 5. The van der Waals surface area contributed by atoms with Crippen LogP contribution in [0.4, 0.5) is 5.69 Å². The van der Waals surface area contributed by atoms with Crippen LogP contribution in [0.5, 0.6) is 5.88 Å². The highest BCUT2D eigenvalue weighted by molar-refractivity contribution is 5.67. The summed E-state index contributed by atoms with van der Waals surface area (Å²) in [5.74, 6) is 1.30. The van der Waals surface area contributed by atoms with Crippen molar-refractivity contribution in [3.05, 3.63) is 40.9 Å². The van der Waals surface area contributed by atoms with Crippen LogP contribution in [-0.4, -0.2) is 30.7 Å². The predicted octanol–water partition coefficient (Wildman–Crippen LogP) is 2.29. The van der Waals surface area contributed by atoms with Crippen LogP contribution in [-0.2, 0) is 0 Å². The molecular weight excluding hydrogens is 266 g/mol. The van der Waals surface area contributed by atoms with Gasteiger partial charge in [-0.15, -0.1) is 0 Å². The molecule has 2 aromatic rings. The molecule has 3 rings (SSSR count). The molecule has 0 amide bonds. The molecule has 1 aliphatic carbocycles. The Morgan fingerprint density at radius 1 is 1.38 bits per heavy atom. The number of hydrogen-bond donors (Lipinski definition) is 1. The normalized spacial score (nSPS) is 14.0. The molecule has 0 radical (unpaired) electrons. The number of nitrogens with one attached hydrogen (secondary N) is 1. The lowest BCUT2D eigenvalue weighted by Crippen LogP contribution is -2.26. The number of hydrogen-bond acceptors (Lipinski definition) is 4. The quantitative estimate of drug-likeness (QED) is 0.915. The fourth-order valence-electron chi connectivity index (χ4n) is 2.41. The Balaban J connectivity index is 1.93. The second-order valence-electron chi connectivity index (χ2n) is 5.51. The summed E-state index contributed by atoms with van der Waals surface area (Å²) in [5, 5.41) is 0. The third-order valence-corrected chi connectivity index (χ3v) is 3.80. The van der Waals surface area contributed by atoms with Crippen molar-refractivity contribution in [2.24, 2.45) is 5.92 Å². The minimum Gasteiger partial charge on any atom is -0.481 e. The average Bonchev–Trinajstić information content (AvgIpc) is 3.31. The van der Waals surface area contributed by atoms with Crippen LogP contribution in [0.2, 0.25) is 0 Å². The van der Waals surface area contributed by atoms with Crippen LogP contribution < -0.4 is 15.2 Å². The van der Waals surface area contributed by atoms with Gasteiger partial charge in [0.05, 0.1) is 7.11 Å². The summed E-state index contributed by atoms with van der Waals surface area (Å²) in [6, 6.07) is 5.69. The lowest BCUT2D eigenvalue weighted by atomic mass is 10.1. The van der Waals surface area contributed by atoms with Gasteiger partial charge >= 0.3 is 0 Å². The minimum absolute atomic E-state index is 0.0529. The maximum atomic E-state index is 12.0. The predicted molar refractivity (Wildman–Crippen MR) is 82.8 cm³/mol. The lowest BCUT2D eigenvalue weighted by molar-refractivity contribution is 0.398. The van der Waals surface area contributed by atoms with E-state index in [4.69, 9.17) is 4.74 Å². The van der Waals surface area contributed by atoms with Gasteiger partial charge in [0.2, 0.25) is 5.88 Å². The number of aromatic nitrogens is 2. The monoisotopic (exact) mass is 285 g/mol. The summed E-state index contributed by atoms with van der Waals surface area (Å²) >= 11 is 0. The minimum atomic E-state index is -0.0529. The third-order valence-electron chi connectivity index (χ3n) is 3.80. The first-order chi connectivity index (χ1) is 10.2. The Hall–Kier alpha value is -2.30. The Morgan fingerprint density at radius 2 is 2.19 bits per heavy atom. The van der Waals surface area contributed by atoms with E-state index in [1.807, 2.05) is 30.1 Å². The molecular formula is C16H19N3O2. The van der Waals surface area contributed by atoms with E-state index in [-0.39, 0.29) is 5.56 Å². The van der Waals surface area contributed by atoms with Crippen molar-refractivity contribution in [3.8, 4) is 17.0 Å². The van der Waals surface area contributed by atoms with Gasteiger partial charge in [-0.25, -0.2) is 4.98 Å². The standard InChI is InChI=1S/C16H19N3O2/c1-19(10-11-3-4-11)14-7-13(9-18-16(14)20)12-5-6-17-15(8-12)21-2/h5-9,11H,3-4,10H2,1-2H3,(H,18,20). The molecule has 0 unspecified atom stereocenters. The fourth-order valence-corrected chi connectivity index (χ4v) is 2.41. The number of methoxy groups -OCH3 is 1. The zero-order valence-corrected chi connectivity index (χ0v) is 12.3. The summed E-state index contributed by atoms with van der Waals surface area (Å²) in [7, 11) is 3.56. The Morgan fingerprint density at radius 3 is 2.90 bits per heavy atom. The van der Waals surface area contributed by atoms with Gasteiger partial charge in [0, 0.05) is 37.6 Å². The maximum Gasteiger partial charge on any atom is 0.271 e. The van der Waals surface area contributed by atoms with Crippen LogP contribution in [0.25, 0.3) is 11.1 Å². The molecule has 1 N–H and O–H groups in total. The molecule has 1 fully saturated rings. The van der Waals surface area contributed by atoms with E-state index in [0.717, 1.165) is 23.6 Å². The van der Waals surface area contributed by atoms with Crippen molar-refractivity contribution in [2.75, 3.05) is 25.6 Å². The maximum absolute atomic E-state index is 12.0. The molecule has 1 saturated carbocycles. The van der Waals surface area contributed by atoms with Crippen LogP contribution in [0, 0.1) is 5.92 Å². The van der Waals surface area contributed by atoms with Crippen LogP contribution >= 0.6 is 0 Å². The number of aromatic amines is 1. The van der Waals surface area contributed by atoms with Crippen molar-refractivity contribution in [1.82, 2.24) is 9.97 Å². The van der Waals surface area contributed by atoms with Gasteiger partial charge in [0.1, 0.15) is 5.69 Å². The van der Waals surface area contributed by atoms with Gasteiger partial charge in [0.25, 0.3) is 5.56 Å². The van der Waals surface area contributed by atoms with Crippen LogP contribution in [0.1, 0.15) is 12.8 Å². The van der Waals surface area contributed by atoms with Crippen molar-refractivity contribution in [3.63, 3.8) is 0 Å². The molecule has 0 atom stereocenters. The highest BCUT2D eigenvalue weighted by atomic mass is 16.5. The number of nitrogens with zero attached hydrogens (tertiary/aromatic N) is 2. The number of anilines is 1. The van der Waals surface area contributed by atoms with E-state index in [1.54, 1.807) is 19.5 Å². The molecule has 1 aliphatic rings. The highest BCUT2D eigenvalue weighted by Crippen LogP contribution is 2.31. The van der Waals surface area contributed by atoms with Gasteiger partial charge in [0.15, 0.2) is 0 Å². The first kappa shape index (κ1) is 13.7. The Labute approximate surface area is 123 Å². The van der Waals surface area contributed by atoms with Crippen LogP contribution in [0.3, 0.4) is 0 Å². The van der Waals surface area contributed by atoms with Crippen molar-refractivity contribution in [1.29, 1.82) is 0 Å². The van der Waals surface area contributed by atoms with Gasteiger partial charge in [-0.2, -0.15) is 0 Å². The Bertz CT molecular complexity index is 692. The van der Waals surface area contributed by atoms with Crippen molar-refractivity contribution < 1.29 is 4.74 Å². The van der Waals surface area contributed by atoms with Gasteiger partial charge in [-0.3, -0.25) is 4.79 Å². The average molecular weight is 285 g/mol.